The van der Waals surface area contributed by atoms with E-state index in [1.165, 1.54) is 30.8 Å². The number of hydrogen-bond acceptors (Lipinski definition) is 10. The van der Waals surface area contributed by atoms with Gasteiger partial charge in [-0.05, 0) is 39.0 Å². The fraction of sp³-hybridized carbons (Fsp3) is 0.389. The number of ether oxygens (including phenoxy) is 1. The monoisotopic (exact) mass is 450 g/mol. The van der Waals surface area contributed by atoms with Gasteiger partial charge in [-0.1, -0.05) is 16.9 Å². The summed E-state index contributed by atoms with van der Waals surface area (Å²) in [6.45, 7) is 4.94. The molecule has 30 heavy (non-hydrogen) atoms. The van der Waals surface area contributed by atoms with Crippen molar-refractivity contribution in [2.45, 2.75) is 47.9 Å². The fourth-order valence-electron chi connectivity index (χ4n) is 3.15. The number of benzene rings is 1. The summed E-state index contributed by atoms with van der Waals surface area (Å²) >= 11 is 1.23. The van der Waals surface area contributed by atoms with Crippen LogP contribution in [0.1, 0.15) is 35.7 Å². The Bertz CT molecular complexity index is 1190. The number of ketones is 1. The van der Waals surface area contributed by atoms with E-state index >= 15 is 0 Å². The highest BCUT2D eigenvalue weighted by Gasteiger charge is 2.50. The average molecular weight is 450 g/mol. The number of esters is 1. The van der Waals surface area contributed by atoms with Crippen LogP contribution in [0.25, 0.3) is 0 Å². The second-order valence-corrected chi connectivity index (χ2v) is 9.84. The van der Waals surface area contributed by atoms with Crippen LogP contribution in [0, 0.1) is 13.8 Å². The zero-order chi connectivity index (χ0) is 21.7. The van der Waals surface area contributed by atoms with Gasteiger partial charge in [-0.3, -0.25) is 4.79 Å². The lowest BCUT2D eigenvalue weighted by Gasteiger charge is -2.24. The molecule has 2 aliphatic heterocycles. The fourth-order valence-corrected chi connectivity index (χ4v) is 6.24. The summed E-state index contributed by atoms with van der Waals surface area (Å²) < 4.78 is 38.2. The number of aryl methyl sites for hydroxylation is 1. The minimum Gasteiger partial charge on any atom is -0.463 e. The molecule has 2 aromatic rings. The second kappa shape index (κ2) is 7.29. The summed E-state index contributed by atoms with van der Waals surface area (Å²) in [7, 11) is -3.79. The molecular weight excluding hydrogens is 432 g/mol. The molecule has 0 radical (unpaired) electrons. The third kappa shape index (κ3) is 3.34. The van der Waals surface area contributed by atoms with E-state index < -0.39 is 32.7 Å². The smallest absolute Gasteiger partial charge is 0.343 e. The number of Topliss-reactive ketones (excluding diaryl/α,β-unsaturated/α-hetero) is 1. The summed E-state index contributed by atoms with van der Waals surface area (Å²) in [5.74, 6) is -0.763. The Balaban J connectivity index is 1.69. The van der Waals surface area contributed by atoms with Crippen LogP contribution in [0.2, 0.25) is 0 Å². The lowest BCUT2D eigenvalue weighted by molar-refractivity contribution is -0.145. The van der Waals surface area contributed by atoms with Crippen molar-refractivity contribution in [1.82, 2.24) is 9.88 Å². The van der Waals surface area contributed by atoms with Gasteiger partial charge in [0.05, 0.1) is 22.9 Å². The van der Waals surface area contributed by atoms with Crippen LogP contribution in [-0.4, -0.2) is 37.5 Å². The molecule has 0 bridgehead atoms. The van der Waals surface area contributed by atoms with Gasteiger partial charge in [-0.25, -0.2) is 13.2 Å². The number of rotatable bonds is 4. The van der Waals surface area contributed by atoms with E-state index in [4.69, 9.17) is 9.26 Å². The van der Waals surface area contributed by atoms with Crippen molar-refractivity contribution in [2.24, 2.45) is 10.2 Å². The minimum atomic E-state index is -3.79. The molecule has 158 valence electrons. The molecule has 1 aromatic heterocycles. The number of nitrogens with zero attached hydrogens (tertiary/aromatic N) is 3. The van der Waals surface area contributed by atoms with E-state index in [9.17, 15) is 18.0 Å². The van der Waals surface area contributed by atoms with Crippen molar-refractivity contribution in [3.05, 3.63) is 35.2 Å². The Morgan fingerprint density at radius 3 is 2.73 bits per heavy atom. The molecule has 2 atom stereocenters. The minimum absolute atomic E-state index is 0.0955. The molecule has 0 amide bonds. The maximum Gasteiger partial charge on any atom is 0.343 e. The van der Waals surface area contributed by atoms with Crippen molar-refractivity contribution in [3.8, 4) is 0 Å². The van der Waals surface area contributed by atoms with Crippen LogP contribution in [0.4, 0.5) is 5.69 Å². The number of hydrogen-bond donors (Lipinski definition) is 1. The molecule has 2 unspecified atom stereocenters. The number of sulfonamides is 1. The number of carbonyl (C=O) groups excluding carboxylic acids is 2. The Morgan fingerprint density at radius 1 is 1.37 bits per heavy atom. The molecule has 1 aromatic carbocycles. The van der Waals surface area contributed by atoms with Crippen molar-refractivity contribution in [1.29, 1.82) is 0 Å². The Morgan fingerprint density at radius 2 is 2.13 bits per heavy atom. The first kappa shape index (κ1) is 20.7. The highest BCUT2D eigenvalue weighted by molar-refractivity contribution is 8.02. The number of azo groups is 1. The molecule has 10 nitrogen and oxygen atoms in total. The van der Waals surface area contributed by atoms with Crippen LogP contribution >= 0.6 is 11.8 Å². The molecule has 1 saturated heterocycles. The van der Waals surface area contributed by atoms with Crippen molar-refractivity contribution < 1.29 is 27.3 Å². The van der Waals surface area contributed by atoms with Crippen molar-refractivity contribution >= 4 is 39.2 Å². The predicted octanol–water partition coefficient (Wildman–Crippen LogP) is 2.73. The van der Waals surface area contributed by atoms with E-state index in [0.29, 0.717) is 22.0 Å². The third-order valence-corrected chi connectivity index (χ3v) is 8.03. The van der Waals surface area contributed by atoms with Crippen LogP contribution in [0.5, 0.6) is 0 Å². The molecule has 2 aliphatic rings. The zero-order valence-corrected chi connectivity index (χ0v) is 18.0. The summed E-state index contributed by atoms with van der Waals surface area (Å²) in [4.78, 5) is 24.5. The van der Waals surface area contributed by atoms with Gasteiger partial charge in [0, 0.05) is 16.9 Å². The molecule has 4 rings (SSSR count). The third-order valence-electron chi connectivity index (χ3n) is 5.11. The molecule has 12 heteroatoms. The van der Waals surface area contributed by atoms with Gasteiger partial charge in [0.2, 0.25) is 15.6 Å². The highest BCUT2D eigenvalue weighted by atomic mass is 32.2. The normalized spacial score (nSPS) is 25.3. The summed E-state index contributed by atoms with van der Waals surface area (Å²) in [5.41, 5.74) is 0.102. The highest BCUT2D eigenvalue weighted by Crippen LogP contribution is 2.44. The van der Waals surface area contributed by atoms with Crippen molar-refractivity contribution in [2.75, 3.05) is 6.61 Å². The Hall–Kier alpha value is -2.57. The van der Waals surface area contributed by atoms with E-state index in [-0.39, 0.29) is 17.9 Å². The number of nitrogens with one attached hydrogen (secondary N) is 1. The van der Waals surface area contributed by atoms with Crippen LogP contribution in [0.3, 0.4) is 0 Å². The lowest BCUT2D eigenvalue weighted by atomic mass is 9.95. The standard InChI is InChI=1S/C18H18N4O6S2/c1-9-10(2)20-28-15(9)16-21-30(25,26)14-5-4-12(8-13(14)29-16)19-22-18(11(3)23)6-7-27-17(18)24/h4-5,8,16,21H,6-7H2,1-3H3. The van der Waals surface area contributed by atoms with Gasteiger partial charge in [-0.2, -0.15) is 15.0 Å². The van der Waals surface area contributed by atoms with Gasteiger partial charge >= 0.3 is 5.97 Å². The second-order valence-electron chi connectivity index (χ2n) is 7.01. The summed E-state index contributed by atoms with van der Waals surface area (Å²) in [6.07, 6.45) is 0.120. The van der Waals surface area contributed by atoms with Crippen LogP contribution < -0.4 is 4.72 Å². The maximum absolute atomic E-state index is 12.7. The van der Waals surface area contributed by atoms with Crippen molar-refractivity contribution in [3.63, 3.8) is 0 Å². The topological polar surface area (TPSA) is 140 Å². The quantitative estimate of drug-likeness (QED) is 0.426. The van der Waals surface area contributed by atoms with E-state index in [0.717, 1.165) is 5.56 Å². The van der Waals surface area contributed by atoms with Crippen LogP contribution in [0.15, 0.2) is 42.7 Å². The average Bonchev–Trinajstić information content (AvgIpc) is 3.22. The SMILES string of the molecule is CC(=O)C1(N=Nc2ccc3c(c2)SC(c2onc(C)c2C)NS3(=O)=O)CCOC1=O. The molecule has 1 fully saturated rings. The first-order chi connectivity index (χ1) is 14.1. The predicted molar refractivity (Wildman–Crippen MR) is 105 cm³/mol. The van der Waals surface area contributed by atoms with E-state index in [1.807, 2.05) is 0 Å². The van der Waals surface area contributed by atoms with Gasteiger partial charge in [0.25, 0.3) is 0 Å². The molecule has 0 saturated carbocycles. The first-order valence-electron chi connectivity index (χ1n) is 9.01. The number of carbonyl (C=O) groups is 2. The maximum atomic E-state index is 12.7. The summed E-state index contributed by atoms with van der Waals surface area (Å²) in [5, 5.41) is 11.2. The zero-order valence-electron chi connectivity index (χ0n) is 16.3. The Labute approximate surface area is 176 Å². The lowest BCUT2D eigenvalue weighted by Crippen LogP contribution is -2.39. The number of fused-ring (bicyclic) bond motifs is 1. The van der Waals surface area contributed by atoms with E-state index in [1.54, 1.807) is 19.9 Å². The molecule has 0 spiro atoms. The molecule has 3 heterocycles. The van der Waals surface area contributed by atoms with Gasteiger partial charge in [-0.15, -0.1) is 0 Å². The van der Waals surface area contributed by atoms with Gasteiger partial charge in [0.1, 0.15) is 5.37 Å². The largest absolute Gasteiger partial charge is 0.463 e. The number of cyclic esters (lactones) is 1. The van der Waals surface area contributed by atoms with Gasteiger partial charge in [0.15, 0.2) is 11.5 Å². The number of thioether (sulfide) groups is 1. The van der Waals surface area contributed by atoms with E-state index in [2.05, 4.69) is 20.1 Å². The Kier molecular flexibility index (Phi) is 5.03. The molecule has 0 aliphatic carbocycles. The number of aromatic nitrogens is 1. The molecule has 1 N–H and O–H groups in total. The molecular formula is C18H18N4O6S2. The first-order valence-corrected chi connectivity index (χ1v) is 11.4. The van der Waals surface area contributed by atoms with Crippen LogP contribution in [-0.2, 0) is 24.3 Å². The van der Waals surface area contributed by atoms with Gasteiger partial charge < -0.3 is 9.26 Å². The summed E-state index contributed by atoms with van der Waals surface area (Å²) in [6, 6.07) is 4.41.